The lowest BCUT2D eigenvalue weighted by Crippen LogP contribution is -2.42. The van der Waals surface area contributed by atoms with E-state index in [1.165, 1.54) is 40.9 Å². The van der Waals surface area contributed by atoms with Gasteiger partial charge in [0.1, 0.15) is 13.1 Å². The molecule has 1 N–H and O–H groups in total. The van der Waals surface area contributed by atoms with E-state index in [0.29, 0.717) is 23.3 Å². The van der Waals surface area contributed by atoms with Crippen molar-refractivity contribution in [2.75, 3.05) is 18.0 Å². The van der Waals surface area contributed by atoms with Gasteiger partial charge in [-0.2, -0.15) is 39.5 Å². The van der Waals surface area contributed by atoms with Gasteiger partial charge in [-0.15, -0.1) is 0 Å². The standard InChI is InChI=1S/C26H18ClF9N4O3/c27-17-9-15(8-16(10-17)25(31,32)33)23(26(34,35)36)11-18(38-43-23)3-4-19-5-6-20(21-2-1-7-40(19)21)39(14-41)12-22(42)37-13-24(28,29)30/h1-10,14H,11-13H2,(H,37,42)/b4-3+. The molecule has 2 aromatic heterocycles. The van der Waals surface area contributed by atoms with Gasteiger partial charge >= 0.3 is 18.5 Å². The molecule has 43 heavy (non-hydrogen) atoms. The molecule has 0 aliphatic carbocycles. The third-order valence-electron chi connectivity index (χ3n) is 6.28. The number of halogens is 10. The maximum Gasteiger partial charge on any atom is 0.435 e. The Morgan fingerprint density at radius 2 is 1.79 bits per heavy atom. The summed E-state index contributed by atoms with van der Waals surface area (Å²) in [5.74, 6) is -1.08. The van der Waals surface area contributed by atoms with Crippen molar-refractivity contribution in [3.05, 3.63) is 76.6 Å². The zero-order valence-electron chi connectivity index (χ0n) is 21.3. The number of rotatable bonds is 8. The summed E-state index contributed by atoms with van der Waals surface area (Å²) in [4.78, 5) is 29.2. The summed E-state index contributed by atoms with van der Waals surface area (Å²) < 4.78 is 121. The number of oxime groups is 1. The average molecular weight is 641 g/mol. The Bertz CT molecular complexity index is 1600. The van der Waals surface area contributed by atoms with Crippen LogP contribution >= 0.6 is 11.6 Å². The van der Waals surface area contributed by atoms with Crippen LogP contribution in [-0.2, 0) is 26.2 Å². The van der Waals surface area contributed by atoms with E-state index in [4.69, 9.17) is 16.4 Å². The third-order valence-corrected chi connectivity index (χ3v) is 6.50. The zero-order valence-corrected chi connectivity index (χ0v) is 22.1. The maximum absolute atomic E-state index is 14.2. The van der Waals surface area contributed by atoms with Crippen molar-refractivity contribution in [1.82, 2.24) is 9.72 Å². The van der Waals surface area contributed by atoms with Gasteiger partial charge in [-0.25, -0.2) is 0 Å². The number of carbonyl (C=O) groups excluding carboxylic acids is 2. The molecule has 17 heteroatoms. The van der Waals surface area contributed by atoms with Gasteiger partial charge in [-0.05, 0) is 54.6 Å². The maximum atomic E-state index is 14.2. The van der Waals surface area contributed by atoms with Crippen molar-refractivity contribution in [3.8, 4) is 0 Å². The Labute approximate surface area is 241 Å². The summed E-state index contributed by atoms with van der Waals surface area (Å²) in [6.07, 6.45) is -11.6. The summed E-state index contributed by atoms with van der Waals surface area (Å²) in [6, 6.07) is 7.31. The summed E-state index contributed by atoms with van der Waals surface area (Å²) >= 11 is 5.71. The second-order valence-electron chi connectivity index (χ2n) is 9.27. The molecule has 1 aliphatic rings. The summed E-state index contributed by atoms with van der Waals surface area (Å²) in [6.45, 7) is -2.32. The highest BCUT2D eigenvalue weighted by atomic mass is 35.5. The number of anilines is 1. The number of carbonyl (C=O) groups is 2. The molecule has 1 aromatic carbocycles. The van der Waals surface area contributed by atoms with Crippen molar-refractivity contribution in [3.63, 3.8) is 0 Å². The third kappa shape index (κ3) is 6.89. The normalized spacial score (nSPS) is 17.7. The molecular formula is C26H18ClF9N4O3. The molecule has 0 bridgehead atoms. The van der Waals surface area contributed by atoms with E-state index in [1.54, 1.807) is 5.32 Å². The van der Waals surface area contributed by atoms with E-state index in [2.05, 4.69) is 5.16 Å². The number of nitrogens with one attached hydrogen (secondary N) is 1. The van der Waals surface area contributed by atoms with Crippen molar-refractivity contribution >= 4 is 46.9 Å². The molecule has 7 nitrogen and oxygen atoms in total. The molecule has 4 rings (SSSR count). The molecule has 3 heterocycles. The quantitative estimate of drug-likeness (QED) is 0.226. The van der Waals surface area contributed by atoms with Crippen LogP contribution in [0.1, 0.15) is 23.2 Å². The Morgan fingerprint density at radius 1 is 1.07 bits per heavy atom. The van der Waals surface area contributed by atoms with Crippen LogP contribution in [0.3, 0.4) is 0 Å². The first kappa shape index (κ1) is 31.7. The van der Waals surface area contributed by atoms with Gasteiger partial charge in [0.25, 0.3) is 5.60 Å². The molecule has 2 amide bonds. The van der Waals surface area contributed by atoms with E-state index >= 15 is 0 Å². The molecule has 0 radical (unpaired) electrons. The monoisotopic (exact) mass is 640 g/mol. The predicted molar refractivity (Wildman–Crippen MR) is 136 cm³/mol. The fourth-order valence-electron chi connectivity index (χ4n) is 4.30. The van der Waals surface area contributed by atoms with E-state index in [0.717, 1.165) is 17.0 Å². The van der Waals surface area contributed by atoms with E-state index in [1.807, 2.05) is 0 Å². The van der Waals surface area contributed by atoms with Gasteiger partial charge in [0.2, 0.25) is 12.3 Å². The molecule has 0 saturated carbocycles. The van der Waals surface area contributed by atoms with E-state index < -0.39 is 65.7 Å². The van der Waals surface area contributed by atoms with Crippen LogP contribution < -0.4 is 10.2 Å². The van der Waals surface area contributed by atoms with Crippen LogP contribution in [0.5, 0.6) is 0 Å². The SMILES string of the molecule is O=CN(CC(=O)NCC(F)(F)F)c1ccc(/C=C/C2=NOC(c3cc(Cl)cc(C(F)(F)F)c3)(C(F)(F)F)C2)n2cccc12. The van der Waals surface area contributed by atoms with Gasteiger partial charge in [0.05, 0.1) is 22.5 Å². The largest absolute Gasteiger partial charge is 0.435 e. The summed E-state index contributed by atoms with van der Waals surface area (Å²) in [5.41, 5.74) is -5.04. The molecule has 0 fully saturated rings. The number of amides is 2. The number of fused-ring (bicyclic) bond motifs is 1. The minimum atomic E-state index is -5.19. The Balaban J connectivity index is 1.59. The first-order chi connectivity index (χ1) is 19.9. The van der Waals surface area contributed by atoms with Crippen LogP contribution in [0.15, 0.2) is 59.9 Å². The molecule has 1 aliphatic heterocycles. The number of hydrogen-bond donors (Lipinski definition) is 1. The van der Waals surface area contributed by atoms with Crippen molar-refractivity contribution in [2.45, 2.75) is 30.6 Å². The van der Waals surface area contributed by atoms with Crippen LogP contribution in [0.2, 0.25) is 5.02 Å². The van der Waals surface area contributed by atoms with Crippen molar-refractivity contribution < 1.29 is 53.9 Å². The van der Waals surface area contributed by atoms with E-state index in [9.17, 15) is 49.1 Å². The topological polar surface area (TPSA) is 75.4 Å². The highest BCUT2D eigenvalue weighted by molar-refractivity contribution is 6.30. The Hall–Kier alpha value is -4.21. The fourth-order valence-corrected chi connectivity index (χ4v) is 4.53. The number of nitrogens with zero attached hydrogens (tertiary/aromatic N) is 3. The smallest absolute Gasteiger partial charge is 0.374 e. The van der Waals surface area contributed by atoms with Crippen LogP contribution in [-0.4, -0.2) is 47.9 Å². The fraction of sp³-hybridized carbons (Fsp3) is 0.269. The molecule has 3 aromatic rings. The van der Waals surface area contributed by atoms with Gasteiger partial charge in [-0.1, -0.05) is 16.8 Å². The first-order valence-electron chi connectivity index (χ1n) is 12.0. The van der Waals surface area contributed by atoms with Crippen molar-refractivity contribution in [1.29, 1.82) is 0 Å². The number of benzene rings is 1. The zero-order chi connectivity index (χ0) is 31.8. The Kier molecular flexibility index (Phi) is 8.46. The number of aromatic nitrogens is 1. The second-order valence-corrected chi connectivity index (χ2v) is 9.70. The molecule has 0 saturated heterocycles. The summed E-state index contributed by atoms with van der Waals surface area (Å²) in [5, 5.41) is 4.53. The lowest BCUT2D eigenvalue weighted by molar-refractivity contribution is -0.276. The van der Waals surface area contributed by atoms with Crippen LogP contribution in [0.25, 0.3) is 11.6 Å². The molecular weight excluding hydrogens is 623 g/mol. The first-order valence-corrected chi connectivity index (χ1v) is 12.3. The van der Waals surface area contributed by atoms with Crippen molar-refractivity contribution in [2.24, 2.45) is 5.16 Å². The minimum Gasteiger partial charge on any atom is -0.374 e. The molecule has 1 unspecified atom stereocenters. The van der Waals surface area contributed by atoms with Gasteiger partial charge in [0.15, 0.2) is 0 Å². The predicted octanol–water partition coefficient (Wildman–Crippen LogP) is 6.50. The molecule has 0 spiro atoms. The number of alkyl halides is 9. The Morgan fingerprint density at radius 3 is 2.42 bits per heavy atom. The number of pyridine rings is 1. The number of allylic oxidation sites excluding steroid dienone is 1. The minimum absolute atomic E-state index is 0.137. The molecule has 230 valence electrons. The average Bonchev–Trinajstić information content (AvgIpc) is 3.57. The summed E-state index contributed by atoms with van der Waals surface area (Å²) in [7, 11) is 0. The van der Waals surface area contributed by atoms with Gasteiger partial charge in [-0.3, -0.25) is 9.59 Å². The van der Waals surface area contributed by atoms with E-state index in [-0.39, 0.29) is 17.8 Å². The van der Waals surface area contributed by atoms with Gasteiger partial charge < -0.3 is 19.5 Å². The molecule has 1 atom stereocenters. The number of hydrogen-bond acceptors (Lipinski definition) is 4. The highest BCUT2D eigenvalue weighted by Gasteiger charge is 2.62. The lowest BCUT2D eigenvalue weighted by Gasteiger charge is -2.30. The lowest BCUT2D eigenvalue weighted by atomic mass is 9.87. The van der Waals surface area contributed by atoms with Crippen LogP contribution in [0.4, 0.5) is 45.2 Å². The van der Waals surface area contributed by atoms with Crippen LogP contribution in [0, 0.1) is 0 Å². The second kappa shape index (κ2) is 11.5. The highest BCUT2D eigenvalue weighted by Crippen LogP contribution is 2.49. The van der Waals surface area contributed by atoms with Gasteiger partial charge in [0, 0.05) is 28.9 Å².